The van der Waals surface area contributed by atoms with Crippen LogP contribution in [0, 0.1) is 19.7 Å². The highest BCUT2D eigenvalue weighted by Gasteiger charge is 2.13. The van der Waals surface area contributed by atoms with Gasteiger partial charge in [0.05, 0.1) is 4.47 Å². The Bertz CT molecular complexity index is 505. The molecule has 2 nitrogen and oxygen atoms in total. The van der Waals surface area contributed by atoms with Gasteiger partial charge in [0.2, 0.25) is 0 Å². The van der Waals surface area contributed by atoms with E-state index in [2.05, 4.69) is 26.1 Å². The van der Waals surface area contributed by atoms with Crippen molar-refractivity contribution < 1.29 is 4.39 Å². The summed E-state index contributed by atoms with van der Waals surface area (Å²) in [6.45, 7) is 3.81. The predicted octanol–water partition coefficient (Wildman–Crippen LogP) is 3.60. The van der Waals surface area contributed by atoms with Crippen molar-refractivity contribution in [3.8, 4) is 11.3 Å². The first-order valence-corrected chi connectivity index (χ1v) is 5.36. The Morgan fingerprint density at radius 3 is 2.67 bits per heavy atom. The average molecular weight is 269 g/mol. The molecule has 0 bridgehead atoms. The molecule has 0 unspecified atom stereocenters. The van der Waals surface area contributed by atoms with Crippen LogP contribution in [0.3, 0.4) is 0 Å². The van der Waals surface area contributed by atoms with Crippen molar-refractivity contribution in [2.24, 2.45) is 0 Å². The van der Waals surface area contributed by atoms with Crippen LogP contribution in [0.1, 0.15) is 11.3 Å². The summed E-state index contributed by atoms with van der Waals surface area (Å²) in [7, 11) is 0. The molecule has 0 aliphatic rings. The molecule has 1 aromatic carbocycles. The van der Waals surface area contributed by atoms with Crippen LogP contribution in [0.2, 0.25) is 0 Å². The first-order chi connectivity index (χ1) is 7.09. The van der Waals surface area contributed by atoms with Gasteiger partial charge in [-0.25, -0.2) is 4.39 Å². The van der Waals surface area contributed by atoms with Crippen LogP contribution in [0.4, 0.5) is 4.39 Å². The summed E-state index contributed by atoms with van der Waals surface area (Å²) in [6, 6.07) is 4.99. The molecule has 1 N–H and O–H groups in total. The summed E-state index contributed by atoms with van der Waals surface area (Å²) in [5.74, 6) is -0.257. The molecular formula is C11H10BrFN2. The normalized spacial score (nSPS) is 10.7. The van der Waals surface area contributed by atoms with Crippen molar-refractivity contribution in [3.05, 3.63) is 39.7 Å². The van der Waals surface area contributed by atoms with E-state index in [0.29, 0.717) is 11.3 Å². The van der Waals surface area contributed by atoms with Gasteiger partial charge in [0.1, 0.15) is 11.5 Å². The van der Waals surface area contributed by atoms with Crippen molar-refractivity contribution >= 4 is 15.9 Å². The first-order valence-electron chi connectivity index (χ1n) is 4.56. The summed E-state index contributed by atoms with van der Waals surface area (Å²) >= 11 is 3.39. The Balaban J connectivity index is 2.63. The number of hydrogen-bond donors (Lipinski definition) is 1. The molecule has 15 heavy (non-hydrogen) atoms. The SMILES string of the molecule is Cc1ccc(F)c(-c2n[nH]c(C)c2Br)c1. The lowest BCUT2D eigenvalue weighted by atomic mass is 10.1. The second-order valence-corrected chi connectivity index (χ2v) is 4.29. The van der Waals surface area contributed by atoms with Gasteiger partial charge in [0, 0.05) is 11.3 Å². The number of aromatic amines is 1. The smallest absolute Gasteiger partial charge is 0.132 e. The molecule has 1 aromatic heterocycles. The fourth-order valence-corrected chi connectivity index (χ4v) is 1.81. The first kappa shape index (κ1) is 10.4. The van der Waals surface area contributed by atoms with Crippen LogP contribution in [0.25, 0.3) is 11.3 Å². The number of nitrogens with zero attached hydrogens (tertiary/aromatic N) is 1. The second-order valence-electron chi connectivity index (χ2n) is 3.49. The molecule has 0 radical (unpaired) electrons. The minimum absolute atomic E-state index is 0.257. The van der Waals surface area contributed by atoms with E-state index in [0.717, 1.165) is 15.7 Å². The number of rotatable bonds is 1. The Kier molecular flexibility index (Phi) is 2.61. The Morgan fingerprint density at radius 2 is 2.07 bits per heavy atom. The maximum atomic E-state index is 13.6. The third kappa shape index (κ3) is 1.81. The van der Waals surface area contributed by atoms with E-state index in [4.69, 9.17) is 0 Å². The van der Waals surface area contributed by atoms with E-state index >= 15 is 0 Å². The van der Waals surface area contributed by atoms with Gasteiger partial charge in [-0.2, -0.15) is 5.10 Å². The molecule has 0 fully saturated rings. The minimum Gasteiger partial charge on any atom is -0.281 e. The lowest BCUT2D eigenvalue weighted by Crippen LogP contribution is -1.86. The van der Waals surface area contributed by atoms with E-state index in [1.807, 2.05) is 13.8 Å². The maximum Gasteiger partial charge on any atom is 0.132 e. The Labute approximate surface area is 95.6 Å². The lowest BCUT2D eigenvalue weighted by molar-refractivity contribution is 0.630. The van der Waals surface area contributed by atoms with Crippen molar-refractivity contribution in [2.75, 3.05) is 0 Å². The second kappa shape index (κ2) is 3.77. The van der Waals surface area contributed by atoms with Gasteiger partial charge >= 0.3 is 0 Å². The van der Waals surface area contributed by atoms with Gasteiger partial charge < -0.3 is 0 Å². The fourth-order valence-electron chi connectivity index (χ4n) is 1.41. The molecule has 78 valence electrons. The van der Waals surface area contributed by atoms with E-state index in [1.165, 1.54) is 6.07 Å². The number of aryl methyl sites for hydroxylation is 2. The van der Waals surface area contributed by atoms with E-state index in [9.17, 15) is 4.39 Å². The van der Waals surface area contributed by atoms with Crippen molar-refractivity contribution in [3.63, 3.8) is 0 Å². The third-order valence-electron chi connectivity index (χ3n) is 2.25. The number of aromatic nitrogens is 2. The van der Waals surface area contributed by atoms with Crippen LogP contribution < -0.4 is 0 Å². The summed E-state index contributed by atoms with van der Waals surface area (Å²) in [5.41, 5.74) is 3.05. The molecule has 0 spiro atoms. The van der Waals surface area contributed by atoms with Crippen molar-refractivity contribution in [2.45, 2.75) is 13.8 Å². The van der Waals surface area contributed by atoms with E-state index in [-0.39, 0.29) is 5.82 Å². The predicted molar refractivity (Wildman–Crippen MR) is 61.2 cm³/mol. The van der Waals surface area contributed by atoms with Crippen LogP contribution in [0.15, 0.2) is 22.7 Å². The summed E-state index contributed by atoms with van der Waals surface area (Å²) in [4.78, 5) is 0. The molecule has 0 aliphatic carbocycles. The van der Waals surface area contributed by atoms with Gasteiger partial charge in [-0.1, -0.05) is 11.6 Å². The zero-order chi connectivity index (χ0) is 11.0. The highest BCUT2D eigenvalue weighted by molar-refractivity contribution is 9.10. The molecule has 4 heteroatoms. The summed E-state index contributed by atoms with van der Waals surface area (Å²) < 4.78 is 14.4. The van der Waals surface area contributed by atoms with Crippen LogP contribution in [-0.2, 0) is 0 Å². The minimum atomic E-state index is -0.257. The highest BCUT2D eigenvalue weighted by Crippen LogP contribution is 2.30. The van der Waals surface area contributed by atoms with Crippen molar-refractivity contribution in [1.82, 2.24) is 10.2 Å². The van der Waals surface area contributed by atoms with Crippen LogP contribution >= 0.6 is 15.9 Å². The largest absolute Gasteiger partial charge is 0.281 e. The monoisotopic (exact) mass is 268 g/mol. The molecule has 0 atom stereocenters. The fraction of sp³-hybridized carbons (Fsp3) is 0.182. The van der Waals surface area contributed by atoms with Gasteiger partial charge in [0.15, 0.2) is 0 Å². The zero-order valence-corrected chi connectivity index (χ0v) is 10.0. The number of halogens is 2. The Morgan fingerprint density at radius 1 is 1.33 bits per heavy atom. The molecule has 2 rings (SSSR count). The quantitative estimate of drug-likeness (QED) is 0.841. The van der Waals surface area contributed by atoms with Gasteiger partial charge in [-0.05, 0) is 41.9 Å². The van der Waals surface area contributed by atoms with Gasteiger partial charge in [-0.15, -0.1) is 0 Å². The van der Waals surface area contributed by atoms with Gasteiger partial charge in [-0.3, -0.25) is 5.10 Å². The summed E-state index contributed by atoms with van der Waals surface area (Å²) in [5, 5.41) is 6.89. The van der Waals surface area contributed by atoms with Gasteiger partial charge in [0.25, 0.3) is 0 Å². The molecule has 0 saturated carbocycles. The maximum absolute atomic E-state index is 13.6. The molecule has 0 saturated heterocycles. The Hall–Kier alpha value is -1.16. The molecular weight excluding hydrogens is 259 g/mol. The highest BCUT2D eigenvalue weighted by atomic mass is 79.9. The topological polar surface area (TPSA) is 28.7 Å². The molecule has 1 heterocycles. The number of nitrogens with one attached hydrogen (secondary N) is 1. The van der Waals surface area contributed by atoms with Crippen LogP contribution in [-0.4, -0.2) is 10.2 Å². The third-order valence-corrected chi connectivity index (χ3v) is 3.22. The molecule has 2 aromatic rings. The standard InChI is InChI=1S/C11H10BrFN2/c1-6-3-4-9(13)8(5-6)11-10(12)7(2)14-15-11/h3-5H,1-2H3,(H,14,15). The molecule has 0 amide bonds. The zero-order valence-electron chi connectivity index (χ0n) is 8.44. The lowest BCUT2D eigenvalue weighted by Gasteiger charge is -2.01. The molecule has 0 aliphatic heterocycles. The summed E-state index contributed by atoms with van der Waals surface area (Å²) in [6.07, 6.45) is 0. The van der Waals surface area contributed by atoms with E-state index < -0.39 is 0 Å². The average Bonchev–Trinajstić information content (AvgIpc) is 2.52. The van der Waals surface area contributed by atoms with Crippen molar-refractivity contribution in [1.29, 1.82) is 0 Å². The number of hydrogen-bond acceptors (Lipinski definition) is 1. The number of benzene rings is 1. The number of H-pyrrole nitrogens is 1. The van der Waals surface area contributed by atoms with Crippen LogP contribution in [0.5, 0.6) is 0 Å². The van der Waals surface area contributed by atoms with E-state index in [1.54, 1.807) is 12.1 Å².